The number of aliphatic hydroxyl groups is 1. The average molecular weight is 242 g/mol. The van der Waals surface area contributed by atoms with Gasteiger partial charge in [0.2, 0.25) is 0 Å². The van der Waals surface area contributed by atoms with Crippen LogP contribution in [0.15, 0.2) is 48.5 Å². The zero-order valence-corrected chi connectivity index (χ0v) is 9.78. The number of benzene rings is 2. The molecule has 0 spiro atoms. The molecule has 0 saturated carbocycles. The van der Waals surface area contributed by atoms with Gasteiger partial charge < -0.3 is 14.9 Å². The van der Waals surface area contributed by atoms with Crippen LogP contribution in [-0.2, 0) is 0 Å². The van der Waals surface area contributed by atoms with Crippen molar-refractivity contribution in [3.05, 3.63) is 59.7 Å². The molecule has 3 nitrogen and oxygen atoms in total. The van der Waals surface area contributed by atoms with Crippen molar-refractivity contribution in [1.29, 1.82) is 0 Å². The maximum atomic E-state index is 10.1. The highest BCUT2D eigenvalue weighted by Gasteiger charge is 2.28. The van der Waals surface area contributed by atoms with Crippen molar-refractivity contribution >= 4 is 0 Å². The van der Waals surface area contributed by atoms with Crippen LogP contribution in [-0.4, -0.2) is 10.2 Å². The largest absolute Gasteiger partial charge is 0.508 e. The number of phenolic OH excluding ortho intramolecular Hbond substituents is 1. The van der Waals surface area contributed by atoms with Crippen LogP contribution in [0.2, 0.25) is 0 Å². The molecule has 0 saturated heterocycles. The first-order chi connectivity index (χ1) is 8.74. The minimum Gasteiger partial charge on any atom is -0.508 e. The third kappa shape index (κ3) is 1.93. The summed E-state index contributed by atoms with van der Waals surface area (Å²) in [5.74, 6) is 0.787. The van der Waals surface area contributed by atoms with Crippen LogP contribution in [0, 0.1) is 0 Å². The Hall–Kier alpha value is -2.00. The van der Waals surface area contributed by atoms with Gasteiger partial charge in [-0.3, -0.25) is 0 Å². The molecule has 18 heavy (non-hydrogen) atoms. The Bertz CT molecular complexity index is 551. The van der Waals surface area contributed by atoms with Crippen molar-refractivity contribution in [2.75, 3.05) is 0 Å². The van der Waals surface area contributed by atoms with Gasteiger partial charge in [-0.15, -0.1) is 0 Å². The molecule has 2 aromatic carbocycles. The van der Waals surface area contributed by atoms with E-state index in [1.807, 2.05) is 30.3 Å². The van der Waals surface area contributed by atoms with E-state index in [2.05, 4.69) is 0 Å². The fourth-order valence-electron chi connectivity index (χ4n) is 2.31. The maximum absolute atomic E-state index is 10.1. The molecular formula is C15H14O3. The lowest BCUT2D eigenvalue weighted by atomic mass is 9.95. The summed E-state index contributed by atoms with van der Waals surface area (Å²) >= 11 is 0. The summed E-state index contributed by atoms with van der Waals surface area (Å²) in [6.45, 7) is 0. The Labute approximate surface area is 105 Å². The van der Waals surface area contributed by atoms with Gasteiger partial charge in [-0.25, -0.2) is 0 Å². The third-order valence-corrected chi connectivity index (χ3v) is 3.23. The van der Waals surface area contributed by atoms with Crippen molar-refractivity contribution in [2.24, 2.45) is 0 Å². The highest BCUT2D eigenvalue weighted by atomic mass is 16.5. The summed E-state index contributed by atoms with van der Waals surface area (Å²) in [5, 5.41) is 19.5. The van der Waals surface area contributed by atoms with E-state index in [4.69, 9.17) is 4.74 Å². The Morgan fingerprint density at radius 2 is 1.83 bits per heavy atom. The van der Waals surface area contributed by atoms with E-state index in [0.29, 0.717) is 17.7 Å². The van der Waals surface area contributed by atoms with Gasteiger partial charge >= 0.3 is 0 Å². The van der Waals surface area contributed by atoms with Crippen molar-refractivity contribution < 1.29 is 14.9 Å². The molecule has 2 atom stereocenters. The monoisotopic (exact) mass is 242 g/mol. The van der Waals surface area contributed by atoms with Crippen LogP contribution in [0.4, 0.5) is 0 Å². The van der Waals surface area contributed by atoms with Crippen LogP contribution in [0.25, 0.3) is 0 Å². The zero-order valence-electron chi connectivity index (χ0n) is 9.78. The Morgan fingerprint density at radius 1 is 1.06 bits per heavy atom. The molecule has 92 valence electrons. The summed E-state index contributed by atoms with van der Waals surface area (Å²) in [4.78, 5) is 0. The van der Waals surface area contributed by atoms with E-state index in [-0.39, 0.29) is 11.9 Å². The fourth-order valence-corrected chi connectivity index (χ4v) is 2.31. The number of rotatable bonds is 1. The molecule has 1 aliphatic heterocycles. The van der Waals surface area contributed by atoms with Crippen LogP contribution < -0.4 is 4.74 Å². The van der Waals surface area contributed by atoms with Gasteiger partial charge in [-0.1, -0.05) is 30.3 Å². The first-order valence-corrected chi connectivity index (χ1v) is 5.96. The van der Waals surface area contributed by atoms with E-state index >= 15 is 0 Å². The molecule has 0 aromatic heterocycles. The Morgan fingerprint density at radius 3 is 2.61 bits per heavy atom. The SMILES string of the molecule is Oc1ccc2c(c1)[C@H](O)C[C@H](c1ccccc1)O2. The number of aliphatic hydroxyl groups excluding tert-OH is 1. The second kappa shape index (κ2) is 4.35. The van der Waals surface area contributed by atoms with Gasteiger partial charge in [0.15, 0.2) is 0 Å². The predicted molar refractivity (Wildman–Crippen MR) is 67.5 cm³/mol. The first-order valence-electron chi connectivity index (χ1n) is 5.96. The third-order valence-electron chi connectivity index (χ3n) is 3.23. The fraction of sp³-hybridized carbons (Fsp3) is 0.200. The van der Waals surface area contributed by atoms with Crippen molar-refractivity contribution in [1.82, 2.24) is 0 Å². The van der Waals surface area contributed by atoms with Crippen molar-refractivity contribution in [2.45, 2.75) is 18.6 Å². The molecule has 0 bridgehead atoms. The second-order valence-electron chi connectivity index (χ2n) is 4.49. The predicted octanol–water partition coefficient (Wildman–Crippen LogP) is 2.95. The molecule has 3 rings (SSSR count). The second-order valence-corrected chi connectivity index (χ2v) is 4.49. The van der Waals surface area contributed by atoms with E-state index in [1.165, 1.54) is 0 Å². The molecule has 0 amide bonds. The number of hydrogen-bond donors (Lipinski definition) is 2. The normalized spacial score (nSPS) is 22.1. The van der Waals surface area contributed by atoms with Gasteiger partial charge in [0.1, 0.15) is 17.6 Å². The quantitative estimate of drug-likeness (QED) is 0.808. The molecule has 0 fully saturated rings. The zero-order chi connectivity index (χ0) is 12.5. The van der Waals surface area contributed by atoms with E-state index < -0.39 is 6.10 Å². The lowest BCUT2D eigenvalue weighted by molar-refractivity contribution is 0.0654. The van der Waals surface area contributed by atoms with Crippen LogP contribution >= 0.6 is 0 Å². The lowest BCUT2D eigenvalue weighted by Gasteiger charge is -2.30. The number of phenols is 1. The summed E-state index contributed by atoms with van der Waals surface area (Å²) in [6, 6.07) is 14.7. The molecule has 1 heterocycles. The highest BCUT2D eigenvalue weighted by Crippen LogP contribution is 2.41. The Kier molecular flexibility index (Phi) is 2.68. The summed E-state index contributed by atoms with van der Waals surface area (Å²) in [5.41, 5.74) is 1.71. The minimum absolute atomic E-state index is 0.141. The summed E-state index contributed by atoms with van der Waals surface area (Å²) in [7, 11) is 0. The van der Waals surface area contributed by atoms with Crippen LogP contribution in [0.1, 0.15) is 29.8 Å². The number of hydrogen-bond acceptors (Lipinski definition) is 3. The topological polar surface area (TPSA) is 49.7 Å². The molecule has 0 radical (unpaired) electrons. The van der Waals surface area contributed by atoms with Gasteiger partial charge in [-0.2, -0.15) is 0 Å². The van der Waals surface area contributed by atoms with E-state index in [9.17, 15) is 10.2 Å². The van der Waals surface area contributed by atoms with Crippen LogP contribution in [0.5, 0.6) is 11.5 Å². The van der Waals surface area contributed by atoms with E-state index in [0.717, 1.165) is 5.56 Å². The molecular weight excluding hydrogens is 228 g/mol. The molecule has 2 aromatic rings. The van der Waals surface area contributed by atoms with Gasteiger partial charge in [-0.05, 0) is 23.8 Å². The minimum atomic E-state index is -0.606. The smallest absolute Gasteiger partial charge is 0.127 e. The highest BCUT2D eigenvalue weighted by molar-refractivity contribution is 5.43. The van der Waals surface area contributed by atoms with Crippen molar-refractivity contribution in [3.63, 3.8) is 0 Å². The molecule has 0 unspecified atom stereocenters. The van der Waals surface area contributed by atoms with Gasteiger partial charge in [0.25, 0.3) is 0 Å². The molecule has 2 N–H and O–H groups in total. The molecule has 0 aliphatic carbocycles. The molecule has 3 heteroatoms. The summed E-state index contributed by atoms with van der Waals surface area (Å²) in [6.07, 6.45) is -0.246. The Balaban J connectivity index is 1.95. The lowest BCUT2D eigenvalue weighted by Crippen LogP contribution is -2.18. The van der Waals surface area contributed by atoms with E-state index in [1.54, 1.807) is 18.2 Å². The van der Waals surface area contributed by atoms with Gasteiger partial charge in [0, 0.05) is 12.0 Å². The molecule has 1 aliphatic rings. The summed E-state index contributed by atoms with van der Waals surface area (Å²) < 4.78 is 5.87. The van der Waals surface area contributed by atoms with Crippen molar-refractivity contribution in [3.8, 4) is 11.5 Å². The van der Waals surface area contributed by atoms with Gasteiger partial charge in [0.05, 0.1) is 6.10 Å². The number of fused-ring (bicyclic) bond motifs is 1. The number of ether oxygens (including phenoxy) is 1. The van der Waals surface area contributed by atoms with Crippen LogP contribution in [0.3, 0.4) is 0 Å². The maximum Gasteiger partial charge on any atom is 0.127 e. The average Bonchev–Trinajstić information content (AvgIpc) is 2.40. The first kappa shape index (κ1) is 11.1. The number of aromatic hydroxyl groups is 1. The standard InChI is InChI=1S/C15H14O3/c16-11-6-7-14-12(8-11)13(17)9-15(18-14)10-4-2-1-3-5-10/h1-8,13,15-17H,9H2/t13-,15-/m1/s1.